The molecule has 1 atom stereocenters. The minimum atomic E-state index is -0.159. The Morgan fingerprint density at radius 1 is 1.06 bits per heavy atom. The fourth-order valence-electron chi connectivity index (χ4n) is 1.74. The van der Waals surface area contributed by atoms with Crippen LogP contribution in [0.3, 0.4) is 0 Å². The molecule has 2 aromatic rings. The second kappa shape index (κ2) is 4.69. The summed E-state index contributed by atoms with van der Waals surface area (Å²) >= 11 is 6.16. The number of aryl methyl sites for hydroxylation is 1. The van der Waals surface area contributed by atoms with Gasteiger partial charge in [-0.25, -0.2) is 0 Å². The van der Waals surface area contributed by atoms with E-state index in [2.05, 4.69) is 0 Å². The van der Waals surface area contributed by atoms with Crippen LogP contribution in [0.2, 0.25) is 5.02 Å². The smallest absolute Gasteiger partial charge is 0.0566 e. The summed E-state index contributed by atoms with van der Waals surface area (Å²) in [6, 6.07) is 15.8. The first-order valence-electron chi connectivity index (χ1n) is 5.25. The second-order valence-electron chi connectivity index (χ2n) is 3.91. The molecular weight excluding hydrogens is 218 g/mol. The summed E-state index contributed by atoms with van der Waals surface area (Å²) in [5, 5.41) is 0.724. The Morgan fingerprint density at radius 3 is 2.44 bits per heavy atom. The van der Waals surface area contributed by atoms with E-state index in [4.69, 9.17) is 17.3 Å². The number of nitrogens with two attached hydrogens (primary N) is 1. The van der Waals surface area contributed by atoms with Crippen molar-refractivity contribution in [2.75, 3.05) is 0 Å². The monoisotopic (exact) mass is 231 g/mol. The van der Waals surface area contributed by atoms with Gasteiger partial charge in [-0.15, -0.1) is 0 Å². The van der Waals surface area contributed by atoms with Crippen molar-refractivity contribution in [3.63, 3.8) is 0 Å². The van der Waals surface area contributed by atoms with Crippen molar-refractivity contribution in [1.82, 2.24) is 0 Å². The Kier molecular flexibility index (Phi) is 3.28. The highest BCUT2D eigenvalue weighted by molar-refractivity contribution is 6.31. The van der Waals surface area contributed by atoms with Gasteiger partial charge in [-0.1, -0.05) is 59.6 Å². The van der Waals surface area contributed by atoms with Gasteiger partial charge in [0.1, 0.15) is 0 Å². The minimum absolute atomic E-state index is 0.159. The first-order valence-corrected chi connectivity index (χ1v) is 5.63. The van der Waals surface area contributed by atoms with E-state index in [-0.39, 0.29) is 6.04 Å². The highest BCUT2D eigenvalue weighted by Crippen LogP contribution is 2.27. The minimum Gasteiger partial charge on any atom is -0.320 e. The van der Waals surface area contributed by atoms with Crippen molar-refractivity contribution in [2.24, 2.45) is 5.73 Å². The lowest BCUT2D eigenvalue weighted by molar-refractivity contribution is 0.870. The second-order valence-corrected chi connectivity index (χ2v) is 4.32. The molecule has 0 saturated heterocycles. The maximum atomic E-state index is 6.20. The molecule has 1 nitrogen and oxygen atoms in total. The molecule has 16 heavy (non-hydrogen) atoms. The molecule has 2 rings (SSSR count). The quantitative estimate of drug-likeness (QED) is 0.838. The molecule has 0 amide bonds. The molecule has 0 heterocycles. The maximum Gasteiger partial charge on any atom is 0.0566 e. The molecule has 82 valence electrons. The summed E-state index contributed by atoms with van der Waals surface area (Å²) in [5.74, 6) is 0. The summed E-state index contributed by atoms with van der Waals surface area (Å²) in [7, 11) is 0. The van der Waals surface area contributed by atoms with Crippen LogP contribution in [0.1, 0.15) is 22.7 Å². The average Bonchev–Trinajstić information content (AvgIpc) is 2.32. The number of benzene rings is 2. The van der Waals surface area contributed by atoms with Crippen LogP contribution < -0.4 is 5.73 Å². The van der Waals surface area contributed by atoms with Crippen LogP contribution in [-0.4, -0.2) is 0 Å². The maximum absolute atomic E-state index is 6.20. The van der Waals surface area contributed by atoms with E-state index < -0.39 is 0 Å². The van der Waals surface area contributed by atoms with E-state index in [0.29, 0.717) is 0 Å². The van der Waals surface area contributed by atoms with Gasteiger partial charge in [0.15, 0.2) is 0 Å². The normalized spacial score (nSPS) is 12.4. The van der Waals surface area contributed by atoms with E-state index in [0.717, 1.165) is 16.1 Å². The lowest BCUT2D eigenvalue weighted by Crippen LogP contribution is -2.12. The number of hydrogen-bond donors (Lipinski definition) is 1. The van der Waals surface area contributed by atoms with Crippen LogP contribution in [0.25, 0.3) is 0 Å². The Labute approximate surface area is 101 Å². The zero-order chi connectivity index (χ0) is 11.5. The molecule has 0 aliphatic heterocycles. The van der Waals surface area contributed by atoms with Crippen LogP contribution in [0, 0.1) is 6.92 Å². The zero-order valence-electron chi connectivity index (χ0n) is 9.15. The third kappa shape index (κ3) is 2.26. The molecule has 2 N–H and O–H groups in total. The number of hydrogen-bond acceptors (Lipinski definition) is 1. The highest BCUT2D eigenvalue weighted by atomic mass is 35.5. The lowest BCUT2D eigenvalue weighted by Gasteiger charge is -2.14. The van der Waals surface area contributed by atoms with Crippen molar-refractivity contribution in [3.05, 3.63) is 70.2 Å². The zero-order valence-corrected chi connectivity index (χ0v) is 9.91. The molecule has 0 aliphatic rings. The third-order valence-electron chi connectivity index (χ3n) is 2.65. The van der Waals surface area contributed by atoms with Gasteiger partial charge in [0.05, 0.1) is 6.04 Å². The van der Waals surface area contributed by atoms with Gasteiger partial charge in [0, 0.05) is 5.02 Å². The standard InChI is InChI=1S/C14H14ClN/c1-10-7-8-13(15)12(9-10)14(16)11-5-3-2-4-6-11/h2-9,14H,16H2,1H3. The summed E-state index contributed by atoms with van der Waals surface area (Å²) in [4.78, 5) is 0. The summed E-state index contributed by atoms with van der Waals surface area (Å²) in [6.07, 6.45) is 0. The Morgan fingerprint density at radius 2 is 1.75 bits per heavy atom. The largest absolute Gasteiger partial charge is 0.320 e. The Balaban J connectivity index is 2.41. The SMILES string of the molecule is Cc1ccc(Cl)c(C(N)c2ccccc2)c1. The number of halogens is 1. The Hall–Kier alpha value is -1.31. The first kappa shape index (κ1) is 11.2. The molecule has 0 bridgehead atoms. The summed E-state index contributed by atoms with van der Waals surface area (Å²) < 4.78 is 0. The van der Waals surface area contributed by atoms with Gasteiger partial charge in [0.2, 0.25) is 0 Å². The molecule has 0 fully saturated rings. The van der Waals surface area contributed by atoms with Crippen molar-refractivity contribution >= 4 is 11.6 Å². The van der Waals surface area contributed by atoms with Crippen LogP contribution in [-0.2, 0) is 0 Å². The molecule has 0 spiro atoms. The predicted octanol–water partition coefficient (Wildman–Crippen LogP) is 3.70. The van der Waals surface area contributed by atoms with Crippen LogP contribution >= 0.6 is 11.6 Å². The van der Waals surface area contributed by atoms with Gasteiger partial charge in [-0.05, 0) is 24.1 Å². The highest BCUT2D eigenvalue weighted by Gasteiger charge is 2.11. The third-order valence-corrected chi connectivity index (χ3v) is 2.99. The molecule has 0 aromatic heterocycles. The van der Waals surface area contributed by atoms with E-state index in [1.165, 1.54) is 5.56 Å². The molecule has 2 aromatic carbocycles. The fourth-order valence-corrected chi connectivity index (χ4v) is 1.98. The topological polar surface area (TPSA) is 26.0 Å². The molecular formula is C14H14ClN. The van der Waals surface area contributed by atoms with Gasteiger partial charge in [-0.2, -0.15) is 0 Å². The van der Waals surface area contributed by atoms with Crippen molar-refractivity contribution in [2.45, 2.75) is 13.0 Å². The fraction of sp³-hybridized carbons (Fsp3) is 0.143. The molecule has 1 unspecified atom stereocenters. The molecule has 0 radical (unpaired) electrons. The van der Waals surface area contributed by atoms with Crippen molar-refractivity contribution in [3.8, 4) is 0 Å². The Bertz CT molecular complexity index is 479. The predicted molar refractivity (Wildman–Crippen MR) is 68.7 cm³/mol. The van der Waals surface area contributed by atoms with E-state index >= 15 is 0 Å². The van der Waals surface area contributed by atoms with Crippen LogP contribution in [0.15, 0.2) is 48.5 Å². The molecule has 0 aliphatic carbocycles. The van der Waals surface area contributed by atoms with Crippen LogP contribution in [0.5, 0.6) is 0 Å². The van der Waals surface area contributed by atoms with E-state index in [1.54, 1.807) is 0 Å². The van der Waals surface area contributed by atoms with Gasteiger partial charge >= 0.3 is 0 Å². The van der Waals surface area contributed by atoms with Gasteiger partial charge < -0.3 is 5.73 Å². The van der Waals surface area contributed by atoms with Gasteiger partial charge in [0.25, 0.3) is 0 Å². The summed E-state index contributed by atoms with van der Waals surface area (Å²) in [6.45, 7) is 2.04. The average molecular weight is 232 g/mol. The molecule has 2 heteroatoms. The molecule has 0 saturated carbocycles. The lowest BCUT2D eigenvalue weighted by atomic mass is 9.98. The van der Waals surface area contributed by atoms with E-state index in [9.17, 15) is 0 Å². The van der Waals surface area contributed by atoms with E-state index in [1.807, 2.05) is 55.5 Å². The number of rotatable bonds is 2. The van der Waals surface area contributed by atoms with Crippen LogP contribution in [0.4, 0.5) is 0 Å². The van der Waals surface area contributed by atoms with Gasteiger partial charge in [-0.3, -0.25) is 0 Å². The van der Waals surface area contributed by atoms with Crippen molar-refractivity contribution < 1.29 is 0 Å². The summed E-state index contributed by atoms with van der Waals surface area (Å²) in [5.41, 5.74) is 9.43. The first-order chi connectivity index (χ1) is 7.68. The van der Waals surface area contributed by atoms with Crippen molar-refractivity contribution in [1.29, 1.82) is 0 Å².